The zero-order chi connectivity index (χ0) is 8.81. The Morgan fingerprint density at radius 2 is 1.92 bits per heavy atom. The van der Waals surface area contributed by atoms with Crippen LogP contribution in [0, 0.1) is 0 Å². The predicted octanol–water partition coefficient (Wildman–Crippen LogP) is 2.05. The molecule has 0 saturated carbocycles. The van der Waals surface area contributed by atoms with Crippen molar-refractivity contribution in [3.63, 3.8) is 0 Å². The van der Waals surface area contributed by atoms with Crippen LogP contribution < -0.4 is 0 Å². The summed E-state index contributed by atoms with van der Waals surface area (Å²) in [6, 6.07) is 10.5. The van der Waals surface area contributed by atoms with E-state index in [0.717, 1.165) is 18.8 Å². The van der Waals surface area contributed by atoms with Gasteiger partial charge >= 0.3 is 0 Å². The molecule has 1 nitrogen and oxygen atoms in total. The van der Waals surface area contributed by atoms with Gasteiger partial charge in [-0.2, -0.15) is 12.6 Å². The van der Waals surface area contributed by atoms with Gasteiger partial charge in [-0.1, -0.05) is 30.3 Å². The zero-order valence-corrected chi connectivity index (χ0v) is 8.30. The fourth-order valence-electron chi connectivity index (χ4n) is 1.04. The van der Waals surface area contributed by atoms with Crippen LogP contribution in [-0.4, -0.2) is 24.4 Å². The van der Waals surface area contributed by atoms with Gasteiger partial charge in [-0.25, -0.2) is 0 Å². The fourth-order valence-corrected chi connectivity index (χ4v) is 1.18. The molecule has 1 aromatic rings. The van der Waals surface area contributed by atoms with Crippen molar-refractivity contribution in [3.05, 3.63) is 35.9 Å². The van der Waals surface area contributed by atoms with Gasteiger partial charge in [-0.15, -0.1) is 0 Å². The lowest BCUT2D eigenvalue weighted by Crippen LogP contribution is -2.19. The SMILES string of the molecule is CN(CS)CCc1ccccc1. The van der Waals surface area contributed by atoms with E-state index in [1.165, 1.54) is 5.56 Å². The summed E-state index contributed by atoms with van der Waals surface area (Å²) in [5.41, 5.74) is 1.39. The van der Waals surface area contributed by atoms with Crippen LogP contribution >= 0.6 is 12.6 Å². The van der Waals surface area contributed by atoms with Crippen LogP contribution in [0.5, 0.6) is 0 Å². The lowest BCUT2D eigenvalue weighted by atomic mass is 10.1. The Bertz CT molecular complexity index is 210. The minimum absolute atomic E-state index is 0.826. The van der Waals surface area contributed by atoms with E-state index < -0.39 is 0 Å². The van der Waals surface area contributed by atoms with E-state index in [-0.39, 0.29) is 0 Å². The average molecular weight is 181 g/mol. The van der Waals surface area contributed by atoms with Gasteiger partial charge < -0.3 is 0 Å². The highest BCUT2D eigenvalue weighted by Gasteiger charge is 1.95. The average Bonchev–Trinajstić information content (AvgIpc) is 2.16. The van der Waals surface area contributed by atoms with Crippen molar-refractivity contribution in [3.8, 4) is 0 Å². The first kappa shape index (κ1) is 9.62. The van der Waals surface area contributed by atoms with Crippen LogP contribution in [-0.2, 0) is 6.42 Å². The first-order chi connectivity index (χ1) is 5.83. The Hall–Kier alpha value is -0.470. The quantitative estimate of drug-likeness (QED) is 0.549. The maximum Gasteiger partial charge on any atom is 0.0411 e. The molecule has 0 saturated heterocycles. The van der Waals surface area contributed by atoms with Crippen LogP contribution in [0.3, 0.4) is 0 Å². The lowest BCUT2D eigenvalue weighted by Gasteiger charge is -2.12. The molecule has 0 aliphatic carbocycles. The van der Waals surface area contributed by atoms with E-state index in [2.05, 4.69) is 48.8 Å². The molecule has 0 unspecified atom stereocenters. The fraction of sp³-hybridized carbons (Fsp3) is 0.400. The van der Waals surface area contributed by atoms with Gasteiger partial charge in [0.25, 0.3) is 0 Å². The standard InChI is InChI=1S/C10H15NS/c1-11(9-12)8-7-10-5-3-2-4-6-10/h2-6,12H,7-9H2,1H3. The molecule has 0 N–H and O–H groups in total. The molecule has 0 atom stereocenters. The van der Waals surface area contributed by atoms with Gasteiger partial charge in [-0.05, 0) is 19.0 Å². The van der Waals surface area contributed by atoms with E-state index in [0.29, 0.717) is 0 Å². The second-order valence-electron chi connectivity index (χ2n) is 2.96. The number of thiol groups is 1. The second-order valence-corrected chi connectivity index (χ2v) is 3.24. The van der Waals surface area contributed by atoms with Crippen molar-refractivity contribution in [1.29, 1.82) is 0 Å². The van der Waals surface area contributed by atoms with Crippen molar-refractivity contribution in [2.24, 2.45) is 0 Å². The van der Waals surface area contributed by atoms with Crippen LogP contribution in [0.25, 0.3) is 0 Å². The molecular formula is C10H15NS. The van der Waals surface area contributed by atoms with Crippen LogP contribution in [0.1, 0.15) is 5.56 Å². The Balaban J connectivity index is 2.33. The summed E-state index contributed by atoms with van der Waals surface area (Å²) >= 11 is 4.19. The molecule has 12 heavy (non-hydrogen) atoms. The van der Waals surface area contributed by atoms with Gasteiger partial charge in [0.2, 0.25) is 0 Å². The maximum absolute atomic E-state index is 4.19. The second kappa shape index (κ2) is 5.22. The molecular weight excluding hydrogens is 166 g/mol. The Labute approximate surface area is 79.8 Å². The summed E-state index contributed by atoms with van der Waals surface area (Å²) in [6.07, 6.45) is 1.11. The van der Waals surface area contributed by atoms with Crippen molar-refractivity contribution in [2.75, 3.05) is 19.5 Å². The third-order valence-corrected chi connectivity index (χ3v) is 2.35. The summed E-state index contributed by atoms with van der Waals surface area (Å²) in [5, 5.41) is 0. The predicted molar refractivity (Wildman–Crippen MR) is 56.6 cm³/mol. The largest absolute Gasteiger partial charge is 0.297 e. The Morgan fingerprint density at radius 3 is 2.50 bits per heavy atom. The molecule has 0 aromatic heterocycles. The number of nitrogens with zero attached hydrogens (tertiary/aromatic N) is 1. The first-order valence-electron chi connectivity index (χ1n) is 4.16. The molecule has 0 aliphatic heterocycles. The summed E-state index contributed by atoms with van der Waals surface area (Å²) in [7, 11) is 2.08. The van der Waals surface area contributed by atoms with E-state index in [9.17, 15) is 0 Å². The summed E-state index contributed by atoms with van der Waals surface area (Å²) in [6.45, 7) is 1.08. The van der Waals surface area contributed by atoms with Gasteiger partial charge in [0.1, 0.15) is 0 Å². The highest BCUT2D eigenvalue weighted by atomic mass is 32.1. The van der Waals surface area contributed by atoms with Crippen molar-refractivity contribution >= 4 is 12.6 Å². The molecule has 0 bridgehead atoms. The summed E-state index contributed by atoms with van der Waals surface area (Å²) < 4.78 is 0. The van der Waals surface area contributed by atoms with Crippen molar-refractivity contribution in [1.82, 2.24) is 4.90 Å². The van der Waals surface area contributed by atoms with Gasteiger partial charge in [0.05, 0.1) is 0 Å². The molecule has 0 aliphatic rings. The van der Waals surface area contributed by atoms with Crippen molar-refractivity contribution in [2.45, 2.75) is 6.42 Å². The summed E-state index contributed by atoms with van der Waals surface area (Å²) in [4.78, 5) is 2.19. The zero-order valence-electron chi connectivity index (χ0n) is 7.40. The van der Waals surface area contributed by atoms with E-state index in [1.807, 2.05) is 6.07 Å². The van der Waals surface area contributed by atoms with Crippen LogP contribution in [0.15, 0.2) is 30.3 Å². The smallest absolute Gasteiger partial charge is 0.0411 e. The number of benzene rings is 1. The number of likely N-dealkylation sites (N-methyl/N-ethyl adjacent to an activating group) is 1. The third-order valence-electron chi connectivity index (χ3n) is 1.87. The highest BCUT2D eigenvalue weighted by molar-refractivity contribution is 7.80. The van der Waals surface area contributed by atoms with Gasteiger partial charge in [-0.3, -0.25) is 4.90 Å². The minimum Gasteiger partial charge on any atom is -0.297 e. The monoisotopic (exact) mass is 181 g/mol. The minimum atomic E-state index is 0.826. The molecule has 0 radical (unpaired) electrons. The molecule has 0 amide bonds. The molecule has 66 valence electrons. The molecule has 0 fully saturated rings. The van der Waals surface area contributed by atoms with E-state index in [1.54, 1.807) is 0 Å². The lowest BCUT2D eigenvalue weighted by molar-refractivity contribution is 0.399. The van der Waals surface area contributed by atoms with Crippen LogP contribution in [0.2, 0.25) is 0 Å². The van der Waals surface area contributed by atoms with Gasteiger partial charge in [0, 0.05) is 12.4 Å². The van der Waals surface area contributed by atoms with Crippen molar-refractivity contribution < 1.29 is 0 Å². The van der Waals surface area contributed by atoms with E-state index >= 15 is 0 Å². The third kappa shape index (κ3) is 3.28. The Morgan fingerprint density at radius 1 is 1.25 bits per heavy atom. The van der Waals surface area contributed by atoms with Crippen LogP contribution in [0.4, 0.5) is 0 Å². The van der Waals surface area contributed by atoms with E-state index in [4.69, 9.17) is 0 Å². The topological polar surface area (TPSA) is 3.24 Å². The first-order valence-corrected chi connectivity index (χ1v) is 4.79. The summed E-state index contributed by atoms with van der Waals surface area (Å²) in [5.74, 6) is 0.826. The highest BCUT2D eigenvalue weighted by Crippen LogP contribution is 2.00. The number of rotatable bonds is 4. The maximum atomic E-state index is 4.19. The number of hydrogen-bond acceptors (Lipinski definition) is 2. The molecule has 0 heterocycles. The Kier molecular flexibility index (Phi) is 4.19. The normalized spacial score (nSPS) is 10.6. The molecule has 1 rings (SSSR count). The van der Waals surface area contributed by atoms with Gasteiger partial charge in [0.15, 0.2) is 0 Å². The molecule has 1 aromatic carbocycles. The number of hydrogen-bond donors (Lipinski definition) is 1. The molecule has 0 spiro atoms. The molecule has 2 heteroatoms.